The number of rotatable bonds is 2. The van der Waals surface area contributed by atoms with Crippen LogP contribution in [0.25, 0.3) is 11.1 Å². The van der Waals surface area contributed by atoms with Crippen molar-refractivity contribution in [1.29, 1.82) is 0 Å². The average Bonchev–Trinajstić information content (AvgIpc) is 2.98. The fourth-order valence-corrected chi connectivity index (χ4v) is 2.63. The molecule has 1 fully saturated rings. The lowest BCUT2D eigenvalue weighted by atomic mass is 10.0. The van der Waals surface area contributed by atoms with Gasteiger partial charge in [-0.3, -0.25) is 0 Å². The number of thiophene rings is 1. The van der Waals surface area contributed by atoms with Gasteiger partial charge >= 0.3 is 0 Å². The molecule has 1 saturated carbocycles. The predicted molar refractivity (Wildman–Crippen MR) is 60.6 cm³/mol. The van der Waals surface area contributed by atoms with Crippen molar-refractivity contribution in [2.45, 2.75) is 18.8 Å². The van der Waals surface area contributed by atoms with E-state index in [1.54, 1.807) is 11.3 Å². The minimum absolute atomic E-state index is 0.802. The topological polar surface area (TPSA) is 0 Å². The van der Waals surface area contributed by atoms with Crippen LogP contribution in [0.5, 0.6) is 0 Å². The summed E-state index contributed by atoms with van der Waals surface area (Å²) in [5, 5.41) is 5.63. The highest BCUT2D eigenvalue weighted by Crippen LogP contribution is 2.45. The Bertz CT molecular complexity index is 424. The van der Waals surface area contributed by atoms with Gasteiger partial charge in [-0.15, -0.1) is 11.3 Å². The summed E-state index contributed by atoms with van der Waals surface area (Å²) in [6, 6.07) is 10.6. The van der Waals surface area contributed by atoms with Crippen molar-refractivity contribution in [3.05, 3.63) is 46.7 Å². The van der Waals surface area contributed by atoms with E-state index < -0.39 is 0 Å². The van der Waals surface area contributed by atoms with Gasteiger partial charge in [0.25, 0.3) is 0 Å². The largest absolute Gasteiger partial charge is 0.142 e. The van der Waals surface area contributed by atoms with Crippen molar-refractivity contribution < 1.29 is 0 Å². The minimum atomic E-state index is 0.802. The smallest absolute Gasteiger partial charge is 0.0486 e. The van der Waals surface area contributed by atoms with E-state index in [4.69, 9.17) is 0 Å². The Kier molecular flexibility index (Phi) is 1.91. The molecule has 1 aliphatic carbocycles. The molecule has 1 heteroatoms. The van der Waals surface area contributed by atoms with Gasteiger partial charge in [-0.2, -0.15) is 0 Å². The molecule has 0 aliphatic heterocycles. The molecule has 1 heterocycles. The van der Waals surface area contributed by atoms with E-state index in [1.807, 2.05) is 0 Å². The van der Waals surface area contributed by atoms with E-state index in [1.165, 1.54) is 29.5 Å². The van der Waals surface area contributed by atoms with Crippen LogP contribution >= 0.6 is 11.3 Å². The van der Waals surface area contributed by atoms with Crippen molar-refractivity contribution >= 4 is 11.3 Å². The van der Waals surface area contributed by atoms with Gasteiger partial charge in [0.2, 0.25) is 0 Å². The molecule has 0 spiro atoms. The zero-order chi connectivity index (χ0) is 9.38. The van der Waals surface area contributed by atoms with Crippen LogP contribution in [0.1, 0.15) is 24.3 Å². The van der Waals surface area contributed by atoms with Gasteiger partial charge in [-0.1, -0.05) is 30.3 Å². The summed E-state index contributed by atoms with van der Waals surface area (Å²) in [6.07, 6.45) is 2.71. The second-order valence-electron chi connectivity index (χ2n) is 3.81. The molecule has 1 aromatic heterocycles. The first kappa shape index (κ1) is 8.25. The SMILES string of the molecule is [c]1scc(-c2ccccc2)c1C1CC1. The number of benzene rings is 1. The molecule has 0 atom stereocenters. The van der Waals surface area contributed by atoms with Crippen LogP contribution in [0, 0.1) is 5.38 Å². The van der Waals surface area contributed by atoms with Crippen molar-refractivity contribution in [3.63, 3.8) is 0 Å². The van der Waals surface area contributed by atoms with Crippen LogP contribution in [-0.2, 0) is 0 Å². The highest BCUT2D eigenvalue weighted by Gasteiger charge is 2.27. The monoisotopic (exact) mass is 199 g/mol. The van der Waals surface area contributed by atoms with Gasteiger partial charge in [0.05, 0.1) is 0 Å². The van der Waals surface area contributed by atoms with Crippen LogP contribution in [0.15, 0.2) is 35.7 Å². The maximum atomic E-state index is 3.41. The van der Waals surface area contributed by atoms with Crippen LogP contribution in [0.4, 0.5) is 0 Å². The van der Waals surface area contributed by atoms with E-state index in [-0.39, 0.29) is 0 Å². The van der Waals surface area contributed by atoms with Crippen LogP contribution in [0.2, 0.25) is 0 Å². The normalized spacial score (nSPS) is 15.7. The van der Waals surface area contributed by atoms with E-state index in [9.17, 15) is 0 Å². The number of hydrogen-bond donors (Lipinski definition) is 0. The maximum absolute atomic E-state index is 3.41. The molecule has 3 rings (SSSR count). The Morgan fingerprint density at radius 3 is 2.64 bits per heavy atom. The van der Waals surface area contributed by atoms with Gasteiger partial charge in [0, 0.05) is 5.38 Å². The minimum Gasteiger partial charge on any atom is -0.142 e. The summed E-state index contributed by atoms with van der Waals surface area (Å²) in [5.41, 5.74) is 4.19. The highest BCUT2D eigenvalue weighted by molar-refractivity contribution is 7.08. The standard InChI is InChI=1S/C13H11S/c1-2-4-10(5-3-1)12-8-14-9-13(12)11-6-7-11/h1-5,8,11H,6-7H2. The molecule has 0 saturated heterocycles. The fraction of sp³-hybridized carbons (Fsp3) is 0.231. The highest BCUT2D eigenvalue weighted by atomic mass is 32.1. The Labute approximate surface area is 88.2 Å². The van der Waals surface area contributed by atoms with E-state index in [2.05, 4.69) is 41.1 Å². The summed E-state index contributed by atoms with van der Waals surface area (Å²) in [7, 11) is 0. The molecule has 1 aliphatic rings. The summed E-state index contributed by atoms with van der Waals surface area (Å²) in [5.74, 6) is 0.802. The van der Waals surface area contributed by atoms with Crippen LogP contribution in [0.3, 0.4) is 0 Å². The zero-order valence-electron chi connectivity index (χ0n) is 7.86. The second kappa shape index (κ2) is 3.25. The molecule has 1 radical (unpaired) electrons. The molecule has 2 aromatic rings. The van der Waals surface area contributed by atoms with Gasteiger partial charge in [-0.25, -0.2) is 0 Å². The Hall–Kier alpha value is -1.08. The molecule has 0 N–H and O–H groups in total. The first-order chi connectivity index (χ1) is 6.95. The van der Waals surface area contributed by atoms with Gasteiger partial charge in [-0.05, 0) is 40.8 Å². The van der Waals surface area contributed by atoms with Crippen molar-refractivity contribution in [3.8, 4) is 11.1 Å². The number of hydrogen-bond acceptors (Lipinski definition) is 1. The molecule has 1 aromatic carbocycles. The molecule has 14 heavy (non-hydrogen) atoms. The van der Waals surface area contributed by atoms with Crippen LogP contribution < -0.4 is 0 Å². The molecule has 0 bridgehead atoms. The third kappa shape index (κ3) is 1.38. The summed E-state index contributed by atoms with van der Waals surface area (Å²) in [4.78, 5) is 0. The van der Waals surface area contributed by atoms with Crippen molar-refractivity contribution in [2.24, 2.45) is 0 Å². The van der Waals surface area contributed by atoms with E-state index in [0.29, 0.717) is 0 Å². The average molecular weight is 199 g/mol. The van der Waals surface area contributed by atoms with Crippen LogP contribution in [-0.4, -0.2) is 0 Å². The van der Waals surface area contributed by atoms with Crippen molar-refractivity contribution in [2.75, 3.05) is 0 Å². The third-order valence-electron chi connectivity index (χ3n) is 2.71. The lowest BCUT2D eigenvalue weighted by Gasteiger charge is -2.01. The Morgan fingerprint density at radius 1 is 1.14 bits per heavy atom. The van der Waals surface area contributed by atoms with Crippen molar-refractivity contribution in [1.82, 2.24) is 0 Å². The molecule has 0 unspecified atom stereocenters. The second-order valence-corrected chi connectivity index (χ2v) is 4.48. The Morgan fingerprint density at radius 2 is 1.93 bits per heavy atom. The maximum Gasteiger partial charge on any atom is 0.0486 e. The van der Waals surface area contributed by atoms with E-state index in [0.717, 1.165) is 5.92 Å². The molecular formula is C13H11S. The van der Waals surface area contributed by atoms with Gasteiger partial charge in [0.15, 0.2) is 0 Å². The first-order valence-electron chi connectivity index (χ1n) is 4.99. The summed E-state index contributed by atoms with van der Waals surface area (Å²) >= 11 is 1.70. The lowest BCUT2D eigenvalue weighted by Crippen LogP contribution is -1.80. The zero-order valence-corrected chi connectivity index (χ0v) is 8.68. The van der Waals surface area contributed by atoms with E-state index >= 15 is 0 Å². The Balaban J connectivity index is 2.07. The third-order valence-corrected chi connectivity index (χ3v) is 3.40. The molecular weight excluding hydrogens is 188 g/mol. The fourth-order valence-electron chi connectivity index (χ4n) is 1.79. The predicted octanol–water partition coefficient (Wildman–Crippen LogP) is 4.09. The van der Waals surface area contributed by atoms with Gasteiger partial charge in [0.1, 0.15) is 0 Å². The lowest BCUT2D eigenvalue weighted by molar-refractivity contribution is 1.15. The quantitative estimate of drug-likeness (QED) is 0.683. The van der Waals surface area contributed by atoms with Gasteiger partial charge < -0.3 is 0 Å². The summed E-state index contributed by atoms with van der Waals surface area (Å²) < 4.78 is 0. The molecule has 69 valence electrons. The summed E-state index contributed by atoms with van der Waals surface area (Å²) in [6.45, 7) is 0. The molecule has 0 nitrogen and oxygen atoms in total. The first-order valence-corrected chi connectivity index (χ1v) is 5.87. The molecule has 0 amide bonds.